The van der Waals surface area contributed by atoms with Crippen LogP contribution in [-0.4, -0.2) is 82.0 Å². The molecule has 1 fully saturated rings. The van der Waals surface area contributed by atoms with Crippen LogP contribution in [0.15, 0.2) is 12.7 Å². The molecule has 19 heteroatoms. The molecular formula is C10H16CuN5O11PS. The van der Waals surface area contributed by atoms with Gasteiger partial charge in [0.1, 0.15) is 30.2 Å². The van der Waals surface area contributed by atoms with Crippen LogP contribution in [0.25, 0.3) is 11.2 Å². The van der Waals surface area contributed by atoms with Crippen molar-refractivity contribution < 1.29 is 68.4 Å². The molecule has 2 unspecified atom stereocenters. The predicted molar refractivity (Wildman–Crippen MR) is 87.8 cm³/mol. The van der Waals surface area contributed by atoms with Crippen LogP contribution < -0.4 is 5.73 Å². The molecule has 4 atom stereocenters. The normalized spacial score (nSPS) is 24.6. The van der Waals surface area contributed by atoms with Gasteiger partial charge in [-0.15, -0.1) is 0 Å². The number of nitrogens with zero attached hydrogens (tertiary/aromatic N) is 4. The van der Waals surface area contributed by atoms with Crippen LogP contribution in [0.2, 0.25) is 0 Å². The first-order valence-electron chi connectivity index (χ1n) is 7.12. The maximum absolute atomic E-state index is 10.7. The van der Waals surface area contributed by atoms with Crippen molar-refractivity contribution in [1.29, 1.82) is 0 Å². The van der Waals surface area contributed by atoms with Crippen LogP contribution in [0.1, 0.15) is 6.23 Å². The van der Waals surface area contributed by atoms with Gasteiger partial charge in [0.2, 0.25) is 0 Å². The molecule has 1 aliphatic rings. The first-order chi connectivity index (χ1) is 12.8. The summed E-state index contributed by atoms with van der Waals surface area (Å²) in [6, 6.07) is 0. The van der Waals surface area contributed by atoms with Gasteiger partial charge in [-0.25, -0.2) is 19.5 Å². The molecule has 0 saturated carbocycles. The number of aliphatic hydroxyl groups is 2. The molecule has 0 spiro atoms. The summed E-state index contributed by atoms with van der Waals surface area (Å²) in [4.78, 5) is 29.2. The molecule has 0 bridgehead atoms. The number of nitrogen functional groups attached to an aromatic ring is 1. The number of aliphatic hydroxyl groups excluding tert-OH is 2. The van der Waals surface area contributed by atoms with E-state index in [0.717, 1.165) is 0 Å². The molecule has 1 radical (unpaired) electrons. The minimum Gasteiger partial charge on any atom is -0.387 e. The third-order valence-electron chi connectivity index (χ3n) is 3.41. The number of hydrogen-bond acceptors (Lipinski definition) is 11. The molecular weight excluding hydrogens is 493 g/mol. The SMILES string of the molecule is Nc1ncnc2c1ncn2[C@@H]1O[C@H](COP(=O)(O)O)C(O)C1O.O=S(=O)(O)O.[Cu]. The van der Waals surface area contributed by atoms with E-state index in [4.69, 9.17) is 37.8 Å². The van der Waals surface area contributed by atoms with Gasteiger partial charge in [0.25, 0.3) is 0 Å². The van der Waals surface area contributed by atoms with Crippen LogP contribution in [0, 0.1) is 0 Å². The molecule has 2 aromatic rings. The Bertz CT molecular complexity index is 976. The molecule has 169 valence electrons. The van der Waals surface area contributed by atoms with Gasteiger partial charge in [-0.2, -0.15) is 8.42 Å². The van der Waals surface area contributed by atoms with Crippen molar-refractivity contribution in [2.45, 2.75) is 24.5 Å². The third-order valence-corrected chi connectivity index (χ3v) is 3.89. The number of rotatable bonds is 4. The predicted octanol–water partition coefficient (Wildman–Crippen LogP) is -2.52. The van der Waals surface area contributed by atoms with Gasteiger partial charge in [0.15, 0.2) is 17.7 Å². The summed E-state index contributed by atoms with van der Waals surface area (Å²) in [7, 11) is -9.39. The second kappa shape index (κ2) is 9.69. The number of hydrogen-bond donors (Lipinski definition) is 7. The minimum absolute atomic E-state index is 0. The van der Waals surface area contributed by atoms with Gasteiger partial charge in [-0.05, 0) is 0 Å². The summed E-state index contributed by atoms with van der Waals surface area (Å²) in [5.41, 5.74) is 6.25. The van der Waals surface area contributed by atoms with Crippen LogP contribution in [-0.2, 0) is 41.3 Å². The number of aromatic nitrogens is 4. The largest absolute Gasteiger partial charge is 0.469 e. The zero-order valence-corrected chi connectivity index (χ0v) is 16.6. The molecule has 2 aromatic heterocycles. The monoisotopic (exact) mass is 508 g/mol. The molecule has 16 nitrogen and oxygen atoms in total. The van der Waals surface area contributed by atoms with Gasteiger partial charge >= 0.3 is 18.2 Å². The molecule has 29 heavy (non-hydrogen) atoms. The number of imidazole rings is 1. The quantitative estimate of drug-likeness (QED) is 0.128. The molecule has 8 N–H and O–H groups in total. The minimum atomic E-state index is -4.72. The van der Waals surface area contributed by atoms with Gasteiger partial charge in [-0.1, -0.05) is 0 Å². The van der Waals surface area contributed by atoms with E-state index in [2.05, 4.69) is 19.5 Å². The van der Waals surface area contributed by atoms with Crippen molar-refractivity contribution >= 4 is 35.2 Å². The Morgan fingerprint density at radius 3 is 2.34 bits per heavy atom. The van der Waals surface area contributed by atoms with Crippen LogP contribution in [0.3, 0.4) is 0 Å². The Kier molecular flexibility index (Phi) is 8.61. The molecule has 1 aliphatic heterocycles. The smallest absolute Gasteiger partial charge is 0.387 e. The van der Waals surface area contributed by atoms with Crippen molar-refractivity contribution in [3.8, 4) is 0 Å². The second-order valence-corrected chi connectivity index (χ2v) is 7.50. The Balaban J connectivity index is 0.000000628. The fourth-order valence-corrected chi connectivity index (χ4v) is 2.66. The first kappa shape index (κ1) is 25.8. The van der Waals surface area contributed by atoms with Crippen LogP contribution >= 0.6 is 7.82 Å². The summed E-state index contributed by atoms with van der Waals surface area (Å²) < 4.78 is 53.4. The van der Waals surface area contributed by atoms with Crippen molar-refractivity contribution in [1.82, 2.24) is 19.5 Å². The van der Waals surface area contributed by atoms with Gasteiger partial charge in [0.05, 0.1) is 12.9 Å². The van der Waals surface area contributed by atoms with Crippen LogP contribution in [0.4, 0.5) is 5.82 Å². The van der Waals surface area contributed by atoms with E-state index in [9.17, 15) is 14.8 Å². The zero-order chi connectivity index (χ0) is 21.3. The summed E-state index contributed by atoms with van der Waals surface area (Å²) in [6.07, 6.45) is -2.49. The van der Waals surface area contributed by atoms with E-state index in [1.54, 1.807) is 0 Å². The molecule has 0 aliphatic carbocycles. The second-order valence-electron chi connectivity index (χ2n) is 5.36. The molecule has 3 rings (SSSR count). The van der Waals surface area contributed by atoms with Gasteiger partial charge < -0.3 is 30.5 Å². The number of phosphoric acid groups is 1. The molecule has 1 saturated heterocycles. The molecule has 0 amide bonds. The number of nitrogens with two attached hydrogens (primary N) is 1. The third kappa shape index (κ3) is 7.18. The van der Waals surface area contributed by atoms with E-state index < -0.39 is 49.4 Å². The van der Waals surface area contributed by atoms with E-state index in [1.807, 2.05) is 0 Å². The van der Waals surface area contributed by atoms with Crippen molar-refractivity contribution in [3.05, 3.63) is 12.7 Å². The number of phosphoric ester groups is 1. The van der Waals surface area contributed by atoms with Crippen LogP contribution in [0.5, 0.6) is 0 Å². The first-order valence-corrected chi connectivity index (χ1v) is 10.0. The zero-order valence-electron chi connectivity index (χ0n) is 13.9. The summed E-state index contributed by atoms with van der Waals surface area (Å²) in [6.45, 7) is -0.594. The van der Waals surface area contributed by atoms with E-state index >= 15 is 0 Å². The van der Waals surface area contributed by atoms with E-state index in [1.165, 1.54) is 17.2 Å². The van der Waals surface area contributed by atoms with Crippen molar-refractivity contribution in [2.75, 3.05) is 12.3 Å². The average Bonchev–Trinajstić information content (AvgIpc) is 3.07. The van der Waals surface area contributed by atoms with E-state index in [0.29, 0.717) is 5.52 Å². The van der Waals surface area contributed by atoms with Gasteiger partial charge in [-0.3, -0.25) is 18.2 Å². The maximum atomic E-state index is 10.7. The molecule has 3 heterocycles. The number of ether oxygens (including phenoxy) is 1. The fourth-order valence-electron chi connectivity index (χ4n) is 2.32. The average molecular weight is 509 g/mol. The summed E-state index contributed by atoms with van der Waals surface area (Å²) >= 11 is 0. The van der Waals surface area contributed by atoms with Gasteiger partial charge in [0, 0.05) is 17.1 Å². The Morgan fingerprint density at radius 1 is 1.21 bits per heavy atom. The van der Waals surface area contributed by atoms with Crippen molar-refractivity contribution in [3.63, 3.8) is 0 Å². The van der Waals surface area contributed by atoms with Crippen molar-refractivity contribution in [2.24, 2.45) is 0 Å². The maximum Gasteiger partial charge on any atom is 0.469 e. The standard InChI is InChI=1S/C10H14N5O7P.Cu.H2O4S/c11-8-5-9(13-2-12-8)15(3-14-5)10-7(17)6(16)4(22-10)1-21-23(18,19)20;;1-5(2,3)4/h2-4,6-7,10,16-17H,1H2,(H2,11,12,13)(H2,18,19,20);;(H2,1,2,3,4)/t4-,6?,7?,10-;;/m1../s1. The number of fused-ring (bicyclic) bond motifs is 1. The Labute approximate surface area is 173 Å². The fraction of sp³-hybridized carbons (Fsp3) is 0.500. The van der Waals surface area contributed by atoms with E-state index in [-0.39, 0.29) is 28.5 Å². The summed E-state index contributed by atoms with van der Waals surface area (Å²) in [5, 5.41) is 20.1. The Hall–Kier alpha value is -1.27. The number of anilines is 1. The topological polar surface area (TPSA) is 261 Å². The molecule has 0 aromatic carbocycles. The Morgan fingerprint density at radius 2 is 1.79 bits per heavy atom. The summed E-state index contributed by atoms with van der Waals surface area (Å²) in [5.74, 6) is 0.142.